The highest BCUT2D eigenvalue weighted by Crippen LogP contribution is 2.16. The maximum absolute atomic E-state index is 10.2. The smallest absolute Gasteiger partial charge is 0.328 e. The van der Waals surface area contributed by atoms with Gasteiger partial charge in [0, 0.05) is 6.08 Å². The van der Waals surface area contributed by atoms with Crippen LogP contribution in [0.2, 0.25) is 0 Å². The third-order valence-corrected chi connectivity index (χ3v) is 1.67. The number of carboxylic acids is 1. The molecule has 1 aromatic carbocycles. The van der Waals surface area contributed by atoms with E-state index in [9.17, 15) is 4.79 Å². The second-order valence-corrected chi connectivity index (χ2v) is 2.71. The Kier molecular flexibility index (Phi) is 2.69. The van der Waals surface area contributed by atoms with Crippen LogP contribution in [0.4, 0.5) is 0 Å². The Bertz CT molecular complexity index is 353. The minimum Gasteiger partial charge on any atom is -0.508 e. The summed E-state index contributed by atoms with van der Waals surface area (Å²) in [6.07, 6.45) is 2.50. The van der Waals surface area contributed by atoms with Crippen LogP contribution < -0.4 is 0 Å². The molecule has 0 fully saturated rings. The van der Waals surface area contributed by atoms with Crippen LogP contribution in [0.1, 0.15) is 11.1 Å². The van der Waals surface area contributed by atoms with Crippen molar-refractivity contribution >= 4 is 12.0 Å². The normalized spacial score (nSPS) is 10.5. The molecule has 13 heavy (non-hydrogen) atoms. The van der Waals surface area contributed by atoms with Crippen molar-refractivity contribution in [2.45, 2.75) is 6.92 Å². The zero-order chi connectivity index (χ0) is 9.84. The fourth-order valence-electron chi connectivity index (χ4n) is 0.969. The summed E-state index contributed by atoms with van der Waals surface area (Å²) >= 11 is 0. The van der Waals surface area contributed by atoms with Gasteiger partial charge in [-0.1, -0.05) is 6.07 Å². The van der Waals surface area contributed by atoms with Gasteiger partial charge in [0.25, 0.3) is 0 Å². The molecule has 2 N–H and O–H groups in total. The largest absolute Gasteiger partial charge is 0.508 e. The van der Waals surface area contributed by atoms with Crippen molar-refractivity contribution in [3.05, 3.63) is 35.4 Å². The number of carboxylic acid groups (broad SMARTS) is 1. The number of rotatable bonds is 2. The molecule has 1 aromatic rings. The molecule has 1 rings (SSSR count). The number of aromatic hydroxyl groups is 1. The molecule has 0 spiro atoms. The van der Waals surface area contributed by atoms with E-state index < -0.39 is 5.97 Å². The molecule has 0 saturated carbocycles. The van der Waals surface area contributed by atoms with Crippen LogP contribution in [0.3, 0.4) is 0 Å². The van der Waals surface area contributed by atoms with E-state index >= 15 is 0 Å². The Labute approximate surface area is 76.0 Å². The van der Waals surface area contributed by atoms with E-state index in [0.29, 0.717) is 5.56 Å². The van der Waals surface area contributed by atoms with E-state index in [4.69, 9.17) is 10.2 Å². The Morgan fingerprint density at radius 2 is 2.15 bits per heavy atom. The first-order valence-corrected chi connectivity index (χ1v) is 3.80. The molecule has 3 heteroatoms. The number of hydrogen-bond donors (Lipinski definition) is 2. The van der Waals surface area contributed by atoms with Crippen LogP contribution >= 0.6 is 0 Å². The third kappa shape index (κ3) is 2.63. The van der Waals surface area contributed by atoms with Crippen LogP contribution in [0.25, 0.3) is 6.08 Å². The molecule has 0 amide bonds. The summed E-state index contributed by atoms with van der Waals surface area (Å²) in [4.78, 5) is 10.2. The minimum absolute atomic E-state index is 0.135. The van der Waals surface area contributed by atoms with Gasteiger partial charge in [-0.3, -0.25) is 0 Å². The average Bonchev–Trinajstić information content (AvgIpc) is 2.06. The Morgan fingerprint density at radius 3 is 2.77 bits per heavy atom. The molecule has 0 saturated heterocycles. The number of hydrogen-bond acceptors (Lipinski definition) is 2. The van der Waals surface area contributed by atoms with Gasteiger partial charge < -0.3 is 10.2 Å². The lowest BCUT2D eigenvalue weighted by atomic mass is 10.1. The van der Waals surface area contributed by atoms with Crippen LogP contribution in [0, 0.1) is 6.92 Å². The Hall–Kier alpha value is -1.77. The zero-order valence-electron chi connectivity index (χ0n) is 7.19. The van der Waals surface area contributed by atoms with E-state index in [1.165, 1.54) is 12.1 Å². The number of carbonyl (C=O) groups is 1. The zero-order valence-corrected chi connectivity index (χ0v) is 7.19. The molecule has 0 bridgehead atoms. The molecule has 0 atom stereocenters. The number of phenols is 1. The summed E-state index contributed by atoms with van der Waals surface area (Å²) in [5, 5.41) is 17.5. The lowest BCUT2D eigenvalue weighted by Gasteiger charge is -1.99. The maximum atomic E-state index is 10.2. The molecule has 68 valence electrons. The molecule has 0 aromatic heterocycles. The standard InChI is InChI=1S/C10H10O3/c1-7-2-4-9(11)6-8(7)3-5-10(12)13/h2-6,11H,1H3,(H,12,13). The number of phenolic OH excluding ortho intramolecular Hbond substituents is 1. The highest BCUT2D eigenvalue weighted by Gasteiger charge is 1.96. The lowest BCUT2D eigenvalue weighted by molar-refractivity contribution is -0.131. The second kappa shape index (κ2) is 3.76. The third-order valence-electron chi connectivity index (χ3n) is 1.67. The van der Waals surface area contributed by atoms with Gasteiger partial charge in [0.15, 0.2) is 0 Å². The summed E-state index contributed by atoms with van der Waals surface area (Å²) < 4.78 is 0. The summed E-state index contributed by atoms with van der Waals surface area (Å²) in [7, 11) is 0. The second-order valence-electron chi connectivity index (χ2n) is 2.71. The van der Waals surface area contributed by atoms with Crippen LogP contribution in [0.15, 0.2) is 24.3 Å². The first kappa shape index (κ1) is 9.32. The summed E-state index contributed by atoms with van der Waals surface area (Å²) in [6.45, 7) is 1.85. The van der Waals surface area contributed by atoms with E-state index in [1.54, 1.807) is 12.1 Å². The fourth-order valence-corrected chi connectivity index (χ4v) is 0.969. The number of aliphatic carboxylic acids is 1. The molecule has 3 nitrogen and oxygen atoms in total. The molecule has 0 unspecified atom stereocenters. The van der Waals surface area contributed by atoms with E-state index in [1.807, 2.05) is 6.92 Å². The molecular weight excluding hydrogens is 168 g/mol. The molecule has 0 aliphatic rings. The van der Waals surface area contributed by atoms with Gasteiger partial charge in [-0.05, 0) is 36.3 Å². The van der Waals surface area contributed by atoms with Crippen molar-refractivity contribution in [3.8, 4) is 5.75 Å². The van der Waals surface area contributed by atoms with Crippen LogP contribution in [-0.2, 0) is 4.79 Å². The summed E-state index contributed by atoms with van der Waals surface area (Å²) in [6, 6.07) is 4.82. The van der Waals surface area contributed by atoms with E-state index in [0.717, 1.165) is 11.6 Å². The van der Waals surface area contributed by atoms with Gasteiger partial charge in [-0.15, -0.1) is 0 Å². The quantitative estimate of drug-likeness (QED) is 0.679. The highest BCUT2D eigenvalue weighted by molar-refractivity contribution is 5.85. The van der Waals surface area contributed by atoms with Crippen molar-refractivity contribution in [2.24, 2.45) is 0 Å². The molecule has 0 aliphatic carbocycles. The molecular formula is C10H10O3. The summed E-state index contributed by atoms with van der Waals surface area (Å²) in [5.41, 5.74) is 1.64. The molecule has 0 aliphatic heterocycles. The highest BCUT2D eigenvalue weighted by atomic mass is 16.4. The van der Waals surface area contributed by atoms with Crippen molar-refractivity contribution in [1.82, 2.24) is 0 Å². The van der Waals surface area contributed by atoms with Gasteiger partial charge in [0.1, 0.15) is 5.75 Å². The van der Waals surface area contributed by atoms with E-state index in [2.05, 4.69) is 0 Å². The van der Waals surface area contributed by atoms with Gasteiger partial charge in [0.05, 0.1) is 0 Å². The van der Waals surface area contributed by atoms with Gasteiger partial charge in [-0.25, -0.2) is 4.79 Å². The van der Waals surface area contributed by atoms with Crippen molar-refractivity contribution in [3.63, 3.8) is 0 Å². The maximum Gasteiger partial charge on any atom is 0.328 e. The van der Waals surface area contributed by atoms with Crippen molar-refractivity contribution in [1.29, 1.82) is 0 Å². The predicted molar refractivity (Wildman–Crippen MR) is 49.5 cm³/mol. The first-order valence-electron chi connectivity index (χ1n) is 3.80. The number of benzene rings is 1. The summed E-state index contributed by atoms with van der Waals surface area (Å²) in [5.74, 6) is -0.863. The minimum atomic E-state index is -0.997. The van der Waals surface area contributed by atoms with Gasteiger partial charge in [-0.2, -0.15) is 0 Å². The van der Waals surface area contributed by atoms with Crippen LogP contribution in [-0.4, -0.2) is 16.2 Å². The van der Waals surface area contributed by atoms with Gasteiger partial charge in [0.2, 0.25) is 0 Å². The Morgan fingerprint density at radius 1 is 1.46 bits per heavy atom. The number of aryl methyl sites for hydroxylation is 1. The van der Waals surface area contributed by atoms with Gasteiger partial charge >= 0.3 is 5.97 Å². The van der Waals surface area contributed by atoms with E-state index in [-0.39, 0.29) is 5.75 Å². The SMILES string of the molecule is Cc1ccc(O)cc1C=CC(=O)O. The first-order chi connectivity index (χ1) is 6.09. The predicted octanol–water partition coefficient (Wildman–Crippen LogP) is 1.80. The fraction of sp³-hybridized carbons (Fsp3) is 0.100. The molecule has 0 radical (unpaired) electrons. The molecule has 0 heterocycles. The lowest BCUT2D eigenvalue weighted by Crippen LogP contribution is -1.86. The van der Waals surface area contributed by atoms with Crippen molar-refractivity contribution in [2.75, 3.05) is 0 Å². The van der Waals surface area contributed by atoms with Crippen molar-refractivity contribution < 1.29 is 15.0 Å². The monoisotopic (exact) mass is 178 g/mol. The topological polar surface area (TPSA) is 57.5 Å². The van der Waals surface area contributed by atoms with Crippen LogP contribution in [0.5, 0.6) is 5.75 Å². The average molecular weight is 178 g/mol. The Balaban J connectivity index is 3.00.